The molecule has 7 heteroatoms. The molecule has 0 saturated heterocycles. The van der Waals surface area contributed by atoms with Gasteiger partial charge in [-0.1, -0.05) is 24.5 Å². The smallest absolute Gasteiger partial charge is 0.251 e. The SMILES string of the molecule is Cl.Cn1nnc2cc(C(=O)NC(CN)C3CCCCC3)ccc21. The van der Waals surface area contributed by atoms with Crippen molar-refractivity contribution in [2.24, 2.45) is 18.7 Å². The van der Waals surface area contributed by atoms with Crippen LogP contribution in [0.15, 0.2) is 18.2 Å². The Hall–Kier alpha value is -1.66. The maximum Gasteiger partial charge on any atom is 0.251 e. The van der Waals surface area contributed by atoms with Gasteiger partial charge in [0.15, 0.2) is 0 Å². The number of hydrogen-bond acceptors (Lipinski definition) is 4. The van der Waals surface area contributed by atoms with Crippen molar-refractivity contribution in [1.82, 2.24) is 20.3 Å². The topological polar surface area (TPSA) is 85.8 Å². The van der Waals surface area contributed by atoms with E-state index in [1.807, 2.05) is 19.2 Å². The predicted molar refractivity (Wildman–Crippen MR) is 92.6 cm³/mol. The number of aromatic nitrogens is 3. The normalized spacial score (nSPS) is 16.8. The number of nitrogens with zero attached hydrogens (tertiary/aromatic N) is 3. The summed E-state index contributed by atoms with van der Waals surface area (Å²) in [4.78, 5) is 12.5. The van der Waals surface area contributed by atoms with Gasteiger partial charge in [0, 0.05) is 25.2 Å². The van der Waals surface area contributed by atoms with E-state index >= 15 is 0 Å². The molecule has 6 nitrogen and oxygen atoms in total. The van der Waals surface area contributed by atoms with E-state index in [2.05, 4.69) is 15.6 Å². The number of amides is 1. The second-order valence-electron chi connectivity index (χ2n) is 6.13. The molecular weight excluding hydrogens is 314 g/mol. The third kappa shape index (κ3) is 3.82. The number of carbonyl (C=O) groups is 1. The predicted octanol–water partition coefficient (Wildman–Crippen LogP) is 2.03. The molecular formula is C16H24ClN5O. The molecule has 3 rings (SSSR count). The quantitative estimate of drug-likeness (QED) is 0.893. The Kier molecular flexibility index (Phi) is 5.96. The van der Waals surface area contributed by atoms with E-state index in [1.54, 1.807) is 10.7 Å². The molecule has 0 spiro atoms. The van der Waals surface area contributed by atoms with Crippen molar-refractivity contribution in [3.63, 3.8) is 0 Å². The standard InChI is InChI=1S/C16H23N5O.ClH/c1-21-15-8-7-12(9-13(15)19-20-21)16(22)18-14(10-17)11-5-3-2-4-6-11;/h7-9,11,14H,2-6,10,17H2,1H3,(H,18,22);1H. The first kappa shape index (κ1) is 17.7. The van der Waals surface area contributed by atoms with Crippen LogP contribution in [0.2, 0.25) is 0 Å². The summed E-state index contributed by atoms with van der Waals surface area (Å²) in [6.07, 6.45) is 6.09. The number of nitrogens with two attached hydrogens (primary N) is 1. The van der Waals surface area contributed by atoms with E-state index in [4.69, 9.17) is 5.73 Å². The fourth-order valence-corrected chi connectivity index (χ4v) is 3.34. The summed E-state index contributed by atoms with van der Waals surface area (Å²) in [5.74, 6) is 0.427. The number of rotatable bonds is 4. The van der Waals surface area contributed by atoms with Crippen molar-refractivity contribution >= 4 is 29.3 Å². The number of nitrogens with one attached hydrogen (secondary N) is 1. The Morgan fingerprint density at radius 3 is 2.83 bits per heavy atom. The molecule has 1 aliphatic rings. The molecule has 1 atom stereocenters. The highest BCUT2D eigenvalue weighted by Crippen LogP contribution is 2.26. The van der Waals surface area contributed by atoms with Crippen molar-refractivity contribution < 1.29 is 4.79 Å². The Morgan fingerprint density at radius 2 is 2.13 bits per heavy atom. The summed E-state index contributed by atoms with van der Waals surface area (Å²) in [6, 6.07) is 5.54. The highest BCUT2D eigenvalue weighted by molar-refractivity contribution is 5.97. The van der Waals surface area contributed by atoms with E-state index in [-0.39, 0.29) is 24.4 Å². The summed E-state index contributed by atoms with van der Waals surface area (Å²) < 4.78 is 1.70. The minimum atomic E-state index is -0.0754. The van der Waals surface area contributed by atoms with Crippen LogP contribution in [-0.4, -0.2) is 33.5 Å². The number of halogens is 1. The van der Waals surface area contributed by atoms with Crippen molar-refractivity contribution in [3.8, 4) is 0 Å². The third-order valence-corrected chi connectivity index (χ3v) is 4.66. The average molecular weight is 338 g/mol. The van der Waals surface area contributed by atoms with Crippen LogP contribution >= 0.6 is 12.4 Å². The van der Waals surface area contributed by atoms with Crippen molar-refractivity contribution in [3.05, 3.63) is 23.8 Å². The zero-order valence-electron chi connectivity index (χ0n) is 13.4. The van der Waals surface area contributed by atoms with Crippen LogP contribution in [0.25, 0.3) is 11.0 Å². The van der Waals surface area contributed by atoms with Crippen LogP contribution in [0, 0.1) is 5.92 Å². The van der Waals surface area contributed by atoms with Crippen molar-refractivity contribution in [2.45, 2.75) is 38.1 Å². The van der Waals surface area contributed by atoms with Gasteiger partial charge in [-0.2, -0.15) is 0 Å². The first-order valence-electron chi connectivity index (χ1n) is 7.99. The zero-order chi connectivity index (χ0) is 15.5. The average Bonchev–Trinajstić information content (AvgIpc) is 2.94. The summed E-state index contributed by atoms with van der Waals surface area (Å²) in [5, 5.41) is 11.1. The largest absolute Gasteiger partial charge is 0.348 e. The van der Waals surface area contributed by atoms with Crippen LogP contribution in [0.1, 0.15) is 42.5 Å². The lowest BCUT2D eigenvalue weighted by molar-refractivity contribution is 0.0915. The van der Waals surface area contributed by atoms with Gasteiger partial charge in [0.05, 0.1) is 5.52 Å². The molecule has 1 amide bonds. The lowest BCUT2D eigenvalue weighted by Crippen LogP contribution is -2.45. The van der Waals surface area contributed by atoms with Crippen LogP contribution in [-0.2, 0) is 7.05 Å². The highest BCUT2D eigenvalue weighted by Gasteiger charge is 2.24. The minimum Gasteiger partial charge on any atom is -0.348 e. The lowest BCUT2D eigenvalue weighted by atomic mass is 9.84. The third-order valence-electron chi connectivity index (χ3n) is 4.66. The van der Waals surface area contributed by atoms with Crippen molar-refractivity contribution in [1.29, 1.82) is 0 Å². The molecule has 1 fully saturated rings. The van der Waals surface area contributed by atoms with Gasteiger partial charge in [0.1, 0.15) is 5.52 Å². The zero-order valence-corrected chi connectivity index (χ0v) is 14.2. The Bertz CT molecular complexity index is 666. The first-order valence-corrected chi connectivity index (χ1v) is 7.99. The molecule has 1 heterocycles. The summed E-state index contributed by atoms with van der Waals surface area (Å²) >= 11 is 0. The van der Waals surface area contributed by atoms with Crippen LogP contribution in [0.5, 0.6) is 0 Å². The summed E-state index contributed by atoms with van der Waals surface area (Å²) in [6.45, 7) is 0.490. The molecule has 0 aliphatic heterocycles. The molecule has 1 aromatic heterocycles. The Morgan fingerprint density at radius 1 is 1.39 bits per heavy atom. The Labute approximate surface area is 142 Å². The maximum absolute atomic E-state index is 12.5. The van der Waals surface area contributed by atoms with Crippen molar-refractivity contribution in [2.75, 3.05) is 6.54 Å². The lowest BCUT2D eigenvalue weighted by Gasteiger charge is -2.30. The van der Waals surface area contributed by atoms with Gasteiger partial charge in [0.2, 0.25) is 0 Å². The maximum atomic E-state index is 12.5. The molecule has 0 bridgehead atoms. The van der Waals surface area contributed by atoms with Crippen LogP contribution < -0.4 is 11.1 Å². The van der Waals surface area contributed by atoms with E-state index in [0.29, 0.717) is 18.0 Å². The Balaban J connectivity index is 0.00000192. The van der Waals surface area contributed by atoms with Gasteiger partial charge in [0.25, 0.3) is 5.91 Å². The molecule has 1 aromatic carbocycles. The van der Waals surface area contributed by atoms with Gasteiger partial charge in [-0.15, -0.1) is 17.5 Å². The van der Waals surface area contributed by atoms with Gasteiger partial charge in [-0.3, -0.25) is 4.79 Å². The van der Waals surface area contributed by atoms with Gasteiger partial charge in [-0.25, -0.2) is 4.68 Å². The fraction of sp³-hybridized carbons (Fsp3) is 0.562. The van der Waals surface area contributed by atoms with E-state index in [9.17, 15) is 4.79 Å². The highest BCUT2D eigenvalue weighted by atomic mass is 35.5. The minimum absolute atomic E-state index is 0. The van der Waals surface area contributed by atoms with Gasteiger partial charge >= 0.3 is 0 Å². The fourth-order valence-electron chi connectivity index (χ4n) is 3.34. The second-order valence-corrected chi connectivity index (χ2v) is 6.13. The molecule has 1 unspecified atom stereocenters. The van der Waals surface area contributed by atoms with E-state index < -0.39 is 0 Å². The van der Waals surface area contributed by atoms with E-state index in [1.165, 1.54) is 19.3 Å². The molecule has 2 aromatic rings. The van der Waals surface area contributed by atoms with Gasteiger partial charge < -0.3 is 11.1 Å². The molecule has 23 heavy (non-hydrogen) atoms. The number of benzene rings is 1. The van der Waals surface area contributed by atoms with E-state index in [0.717, 1.165) is 23.9 Å². The molecule has 0 radical (unpaired) electrons. The number of carbonyl (C=O) groups excluding carboxylic acids is 1. The van der Waals surface area contributed by atoms with Gasteiger partial charge in [-0.05, 0) is 37.0 Å². The molecule has 126 valence electrons. The number of aryl methyl sites for hydroxylation is 1. The monoisotopic (exact) mass is 337 g/mol. The molecule has 1 saturated carbocycles. The van der Waals surface area contributed by atoms with Crippen LogP contribution in [0.3, 0.4) is 0 Å². The molecule has 3 N–H and O–H groups in total. The number of fused-ring (bicyclic) bond motifs is 1. The molecule has 1 aliphatic carbocycles. The number of hydrogen-bond donors (Lipinski definition) is 2. The van der Waals surface area contributed by atoms with Crippen LogP contribution in [0.4, 0.5) is 0 Å². The summed E-state index contributed by atoms with van der Waals surface area (Å²) in [5.41, 5.74) is 8.15. The summed E-state index contributed by atoms with van der Waals surface area (Å²) in [7, 11) is 1.84. The second kappa shape index (κ2) is 7.75. The first-order chi connectivity index (χ1) is 10.7.